The lowest BCUT2D eigenvalue weighted by molar-refractivity contribution is 0.539. The van der Waals surface area contributed by atoms with Gasteiger partial charge in [0.05, 0.1) is 0 Å². The minimum atomic E-state index is 0.653. The lowest BCUT2D eigenvalue weighted by Gasteiger charge is -2.20. The Balaban J connectivity index is 2.42. The number of hydrogen-bond donors (Lipinski definition) is 0. The Morgan fingerprint density at radius 2 is 1.90 bits per heavy atom. The van der Waals surface area contributed by atoms with E-state index in [0.29, 0.717) is 5.92 Å². The molecule has 1 unspecified atom stereocenters. The van der Waals surface area contributed by atoms with Gasteiger partial charge in [0.1, 0.15) is 0 Å². The maximum absolute atomic E-state index is 3.89. The number of halogens is 2. The molecule has 0 amide bonds. The third kappa shape index (κ3) is 4.43. The van der Waals surface area contributed by atoms with Crippen LogP contribution in [0, 0.1) is 0 Å². The predicted molar refractivity (Wildman–Crippen MR) is 102 cm³/mol. The molecule has 1 aromatic heterocycles. The molecule has 0 saturated carbocycles. The van der Waals surface area contributed by atoms with Crippen molar-refractivity contribution in [2.75, 3.05) is 0 Å². The highest BCUT2D eigenvalue weighted by Gasteiger charge is 2.18. The van der Waals surface area contributed by atoms with E-state index in [2.05, 4.69) is 75.4 Å². The van der Waals surface area contributed by atoms with E-state index in [0.717, 1.165) is 0 Å². The van der Waals surface area contributed by atoms with Crippen LogP contribution < -0.4 is 0 Å². The van der Waals surface area contributed by atoms with Crippen LogP contribution >= 0.6 is 43.2 Å². The van der Waals surface area contributed by atoms with E-state index < -0.39 is 0 Å². The van der Waals surface area contributed by atoms with Crippen molar-refractivity contribution in [3.8, 4) is 10.4 Å². The summed E-state index contributed by atoms with van der Waals surface area (Å²) in [5, 5.41) is 2.14. The molecule has 114 valence electrons. The Morgan fingerprint density at radius 3 is 2.52 bits per heavy atom. The molecule has 0 bridgehead atoms. The highest BCUT2D eigenvalue weighted by atomic mass is 79.9. The molecule has 1 aromatic carbocycles. The second kappa shape index (κ2) is 8.50. The fourth-order valence-electron chi connectivity index (χ4n) is 2.77. The zero-order chi connectivity index (χ0) is 15.2. The van der Waals surface area contributed by atoms with E-state index in [4.69, 9.17) is 0 Å². The van der Waals surface area contributed by atoms with Gasteiger partial charge in [-0.15, -0.1) is 11.3 Å². The van der Waals surface area contributed by atoms with Crippen molar-refractivity contribution in [1.82, 2.24) is 0 Å². The van der Waals surface area contributed by atoms with Gasteiger partial charge in [-0.2, -0.15) is 0 Å². The Kier molecular flexibility index (Phi) is 6.97. The summed E-state index contributed by atoms with van der Waals surface area (Å²) in [5.41, 5.74) is 2.77. The van der Waals surface area contributed by atoms with Crippen LogP contribution in [-0.2, 0) is 0 Å². The second-order valence-corrected chi connectivity index (χ2v) is 8.12. The molecule has 2 rings (SSSR count). The summed E-state index contributed by atoms with van der Waals surface area (Å²) >= 11 is 9.39. The normalized spacial score (nSPS) is 12.6. The van der Waals surface area contributed by atoms with E-state index in [9.17, 15) is 0 Å². The molecule has 21 heavy (non-hydrogen) atoms. The maximum atomic E-state index is 3.89. The van der Waals surface area contributed by atoms with E-state index in [1.165, 1.54) is 57.1 Å². The summed E-state index contributed by atoms with van der Waals surface area (Å²) in [5.74, 6) is 0.653. The van der Waals surface area contributed by atoms with Crippen molar-refractivity contribution >= 4 is 43.2 Å². The summed E-state index contributed by atoms with van der Waals surface area (Å²) in [6.07, 6.45) is 6.35. The fraction of sp³-hybridized carbons (Fsp3) is 0.444. The van der Waals surface area contributed by atoms with Crippen LogP contribution in [0.4, 0.5) is 0 Å². The molecule has 1 heterocycles. The van der Waals surface area contributed by atoms with Crippen LogP contribution in [0.3, 0.4) is 0 Å². The van der Waals surface area contributed by atoms with Gasteiger partial charge >= 0.3 is 0 Å². The standard InChI is InChI=1S/C18H22Br2S/c1-3-5-8-13(7-4-2)15-11-14(19)12-16(18(15)20)17-9-6-10-21-17/h6,9-13H,3-5,7-8H2,1-2H3. The first-order valence-electron chi connectivity index (χ1n) is 7.70. The quantitative estimate of drug-likeness (QED) is 0.417. The van der Waals surface area contributed by atoms with Crippen molar-refractivity contribution in [2.45, 2.75) is 51.9 Å². The largest absolute Gasteiger partial charge is 0.144 e. The predicted octanol–water partition coefficient (Wildman–Crippen LogP) is 8.01. The van der Waals surface area contributed by atoms with Gasteiger partial charge < -0.3 is 0 Å². The van der Waals surface area contributed by atoms with Gasteiger partial charge in [-0.3, -0.25) is 0 Å². The van der Waals surface area contributed by atoms with Gasteiger partial charge in [-0.1, -0.05) is 55.1 Å². The Hall–Kier alpha value is -0.120. The van der Waals surface area contributed by atoms with Gasteiger partial charge in [-0.25, -0.2) is 0 Å². The number of unbranched alkanes of at least 4 members (excludes halogenated alkanes) is 1. The fourth-order valence-corrected chi connectivity index (χ4v) is 4.89. The SMILES string of the molecule is CCCCC(CCC)c1cc(Br)cc(-c2cccs2)c1Br. The third-order valence-corrected chi connectivity index (χ3v) is 6.08. The average molecular weight is 430 g/mol. The molecule has 0 N–H and O–H groups in total. The minimum absolute atomic E-state index is 0.653. The zero-order valence-electron chi connectivity index (χ0n) is 12.7. The average Bonchev–Trinajstić information content (AvgIpc) is 2.99. The highest BCUT2D eigenvalue weighted by molar-refractivity contribution is 9.11. The van der Waals surface area contributed by atoms with E-state index >= 15 is 0 Å². The lowest BCUT2D eigenvalue weighted by atomic mass is 9.88. The van der Waals surface area contributed by atoms with Gasteiger partial charge in [0.2, 0.25) is 0 Å². The monoisotopic (exact) mass is 428 g/mol. The van der Waals surface area contributed by atoms with Gasteiger partial charge in [-0.05, 0) is 63.8 Å². The summed E-state index contributed by atoms with van der Waals surface area (Å²) in [7, 11) is 0. The van der Waals surface area contributed by atoms with Crippen molar-refractivity contribution < 1.29 is 0 Å². The van der Waals surface area contributed by atoms with Gasteiger partial charge in [0.15, 0.2) is 0 Å². The van der Waals surface area contributed by atoms with Crippen LogP contribution in [-0.4, -0.2) is 0 Å². The smallest absolute Gasteiger partial charge is 0.0354 e. The molecular weight excluding hydrogens is 408 g/mol. The Bertz CT molecular complexity index is 561. The molecular formula is C18H22Br2S. The zero-order valence-corrected chi connectivity index (χ0v) is 16.7. The van der Waals surface area contributed by atoms with Crippen LogP contribution in [0.1, 0.15) is 57.4 Å². The molecule has 0 radical (unpaired) electrons. The van der Waals surface area contributed by atoms with Crippen molar-refractivity contribution in [1.29, 1.82) is 0 Å². The topological polar surface area (TPSA) is 0 Å². The van der Waals surface area contributed by atoms with Crippen molar-refractivity contribution in [2.24, 2.45) is 0 Å². The molecule has 0 nitrogen and oxygen atoms in total. The van der Waals surface area contributed by atoms with Crippen molar-refractivity contribution in [3.63, 3.8) is 0 Å². The molecule has 0 aliphatic rings. The van der Waals surface area contributed by atoms with E-state index in [1.54, 1.807) is 11.3 Å². The minimum Gasteiger partial charge on any atom is -0.144 e. The van der Waals surface area contributed by atoms with Crippen molar-refractivity contribution in [3.05, 3.63) is 44.2 Å². The first-order valence-corrected chi connectivity index (χ1v) is 10.2. The number of rotatable bonds is 7. The Morgan fingerprint density at radius 1 is 1.10 bits per heavy atom. The summed E-state index contributed by atoms with van der Waals surface area (Å²) in [6.45, 7) is 4.56. The maximum Gasteiger partial charge on any atom is 0.0354 e. The second-order valence-electron chi connectivity index (χ2n) is 5.46. The first kappa shape index (κ1) is 17.2. The van der Waals surface area contributed by atoms with Crippen LogP contribution in [0.25, 0.3) is 10.4 Å². The summed E-state index contributed by atoms with van der Waals surface area (Å²) in [6, 6.07) is 8.84. The summed E-state index contributed by atoms with van der Waals surface area (Å²) < 4.78 is 2.46. The molecule has 0 aliphatic heterocycles. The molecule has 0 spiro atoms. The highest BCUT2D eigenvalue weighted by Crippen LogP contribution is 2.41. The summed E-state index contributed by atoms with van der Waals surface area (Å²) in [4.78, 5) is 1.33. The molecule has 0 fully saturated rings. The molecule has 0 saturated heterocycles. The lowest BCUT2D eigenvalue weighted by Crippen LogP contribution is -2.01. The van der Waals surface area contributed by atoms with Gasteiger partial charge in [0.25, 0.3) is 0 Å². The number of hydrogen-bond acceptors (Lipinski definition) is 1. The van der Waals surface area contributed by atoms with Crippen LogP contribution in [0.5, 0.6) is 0 Å². The molecule has 1 atom stereocenters. The van der Waals surface area contributed by atoms with Crippen LogP contribution in [0.15, 0.2) is 38.6 Å². The Labute approximate surface area is 149 Å². The van der Waals surface area contributed by atoms with Crippen LogP contribution in [0.2, 0.25) is 0 Å². The van der Waals surface area contributed by atoms with Gasteiger partial charge in [0, 0.05) is 19.4 Å². The molecule has 3 heteroatoms. The third-order valence-electron chi connectivity index (χ3n) is 3.84. The first-order chi connectivity index (χ1) is 10.2. The van der Waals surface area contributed by atoms with E-state index in [1.807, 2.05) is 0 Å². The molecule has 2 aromatic rings. The number of thiophene rings is 1. The molecule has 0 aliphatic carbocycles. The van der Waals surface area contributed by atoms with E-state index in [-0.39, 0.29) is 0 Å². The number of benzene rings is 1.